The fourth-order valence-corrected chi connectivity index (χ4v) is 4.55. The van der Waals surface area contributed by atoms with E-state index in [4.69, 9.17) is 0 Å². The first kappa shape index (κ1) is 23.1. The number of quaternary nitrogens is 2. The lowest BCUT2D eigenvalue weighted by molar-refractivity contribution is -1.01. The van der Waals surface area contributed by atoms with Crippen LogP contribution in [0.25, 0.3) is 0 Å². The van der Waals surface area contributed by atoms with E-state index < -0.39 is 6.04 Å². The molecule has 6 heteroatoms. The molecule has 0 spiro atoms. The number of hydrogen-bond acceptors (Lipinski definition) is 2. The first-order chi connectivity index (χ1) is 13.4. The van der Waals surface area contributed by atoms with Crippen LogP contribution in [0.3, 0.4) is 0 Å². The van der Waals surface area contributed by atoms with Crippen molar-refractivity contribution in [3.63, 3.8) is 0 Å². The van der Waals surface area contributed by atoms with Gasteiger partial charge in [0.05, 0.1) is 13.1 Å². The van der Waals surface area contributed by atoms with Gasteiger partial charge in [0.2, 0.25) is 11.8 Å². The summed E-state index contributed by atoms with van der Waals surface area (Å²) in [5.41, 5.74) is 0. The van der Waals surface area contributed by atoms with Crippen LogP contribution in [0, 0.1) is 17.8 Å². The number of likely N-dealkylation sites (N-methyl/N-ethyl adjacent to an activating group) is 1. The van der Waals surface area contributed by atoms with Crippen LogP contribution in [0.1, 0.15) is 59.8 Å². The number of carbonyl (C=O) groups is 2. The Labute approximate surface area is 171 Å². The molecule has 1 aliphatic heterocycles. The van der Waals surface area contributed by atoms with Gasteiger partial charge in [-0.25, -0.2) is 0 Å². The van der Waals surface area contributed by atoms with E-state index in [0.717, 1.165) is 44.6 Å². The number of rotatable bonds is 9. The Hall–Kier alpha value is -1.14. The third-order valence-corrected chi connectivity index (χ3v) is 6.80. The van der Waals surface area contributed by atoms with E-state index >= 15 is 0 Å². The van der Waals surface area contributed by atoms with Crippen LogP contribution in [0.15, 0.2) is 0 Å². The Morgan fingerprint density at radius 3 is 2.18 bits per heavy atom. The summed E-state index contributed by atoms with van der Waals surface area (Å²) in [6.45, 7) is 16.6. The lowest BCUT2D eigenvalue weighted by atomic mass is 9.82. The van der Waals surface area contributed by atoms with Gasteiger partial charge in [0.1, 0.15) is 32.2 Å². The third kappa shape index (κ3) is 7.36. The van der Waals surface area contributed by atoms with Gasteiger partial charge in [-0.2, -0.15) is 0 Å². The molecule has 2 aliphatic rings. The Morgan fingerprint density at radius 1 is 1.00 bits per heavy atom. The minimum atomic E-state index is -0.420. The fourth-order valence-electron chi connectivity index (χ4n) is 4.55. The highest BCUT2D eigenvalue weighted by Gasteiger charge is 2.29. The molecule has 28 heavy (non-hydrogen) atoms. The van der Waals surface area contributed by atoms with Crippen molar-refractivity contribution in [3.05, 3.63) is 0 Å². The molecule has 2 amide bonds. The zero-order chi connectivity index (χ0) is 20.5. The van der Waals surface area contributed by atoms with Gasteiger partial charge in [-0.05, 0) is 44.4 Å². The SMILES string of the molecule is CC[NH+]1CC[NH+](CCCNC(=O)[C@H](NC(=O)C2CCC(C)CC2)C(C)C)CC1. The van der Waals surface area contributed by atoms with E-state index in [-0.39, 0.29) is 23.7 Å². The molecule has 2 fully saturated rings. The Morgan fingerprint density at radius 2 is 1.61 bits per heavy atom. The number of hydrogen-bond donors (Lipinski definition) is 4. The molecule has 4 N–H and O–H groups in total. The molecule has 0 radical (unpaired) electrons. The second-order valence-electron chi connectivity index (χ2n) is 9.44. The first-order valence-electron chi connectivity index (χ1n) is 11.7. The standard InChI is InChI=1S/C22H42N4O2/c1-5-25-13-15-26(16-14-25)12-6-11-23-22(28)20(17(2)3)24-21(27)19-9-7-18(4)8-10-19/h17-20H,5-16H2,1-4H3,(H,23,28)(H,24,27)/p+2/t18?,19?,20-/m1/s1. The summed E-state index contributed by atoms with van der Waals surface area (Å²) in [5, 5.41) is 6.11. The monoisotopic (exact) mass is 396 g/mol. The quantitative estimate of drug-likeness (QED) is 0.388. The van der Waals surface area contributed by atoms with Gasteiger partial charge in [0, 0.05) is 18.9 Å². The average molecular weight is 397 g/mol. The lowest BCUT2D eigenvalue weighted by Gasteiger charge is -2.29. The Balaban J connectivity index is 1.68. The summed E-state index contributed by atoms with van der Waals surface area (Å²) in [4.78, 5) is 28.6. The summed E-state index contributed by atoms with van der Waals surface area (Å²) in [5.74, 6) is 0.950. The molecule has 0 bridgehead atoms. The van der Waals surface area contributed by atoms with E-state index in [0.29, 0.717) is 6.54 Å². The van der Waals surface area contributed by atoms with Crippen molar-refractivity contribution in [3.8, 4) is 0 Å². The second kappa shape index (κ2) is 11.8. The predicted octanol–water partition coefficient (Wildman–Crippen LogP) is -0.737. The van der Waals surface area contributed by atoms with Gasteiger partial charge < -0.3 is 20.4 Å². The summed E-state index contributed by atoms with van der Waals surface area (Å²) < 4.78 is 0. The first-order valence-corrected chi connectivity index (χ1v) is 11.7. The van der Waals surface area contributed by atoms with Crippen molar-refractivity contribution < 1.29 is 19.4 Å². The van der Waals surface area contributed by atoms with Crippen molar-refractivity contribution in [1.29, 1.82) is 0 Å². The third-order valence-electron chi connectivity index (χ3n) is 6.80. The van der Waals surface area contributed by atoms with Crippen LogP contribution < -0.4 is 20.4 Å². The number of carbonyl (C=O) groups excluding carboxylic acids is 2. The van der Waals surface area contributed by atoms with Gasteiger partial charge in [-0.1, -0.05) is 20.8 Å². The molecule has 0 aromatic carbocycles. The van der Waals surface area contributed by atoms with Crippen molar-refractivity contribution in [1.82, 2.24) is 10.6 Å². The molecular weight excluding hydrogens is 352 g/mol. The normalized spacial score (nSPS) is 29.3. The molecule has 1 aliphatic carbocycles. The van der Waals surface area contributed by atoms with Gasteiger partial charge in [-0.3, -0.25) is 9.59 Å². The highest BCUT2D eigenvalue weighted by molar-refractivity contribution is 5.88. The van der Waals surface area contributed by atoms with Crippen LogP contribution in [-0.2, 0) is 9.59 Å². The molecule has 162 valence electrons. The second-order valence-corrected chi connectivity index (χ2v) is 9.44. The largest absolute Gasteiger partial charge is 0.354 e. The summed E-state index contributed by atoms with van der Waals surface area (Å²) in [7, 11) is 0. The van der Waals surface area contributed by atoms with Crippen LogP contribution in [-0.4, -0.2) is 63.7 Å². The van der Waals surface area contributed by atoms with Crippen LogP contribution in [0.2, 0.25) is 0 Å². The van der Waals surface area contributed by atoms with Crippen molar-refractivity contribution in [2.45, 2.75) is 65.8 Å². The molecule has 0 aromatic heterocycles. The highest BCUT2D eigenvalue weighted by Crippen LogP contribution is 2.28. The zero-order valence-electron chi connectivity index (χ0n) is 18.6. The summed E-state index contributed by atoms with van der Waals surface area (Å²) in [6.07, 6.45) is 5.15. The molecular formula is C22H44N4O2+2. The van der Waals surface area contributed by atoms with Crippen molar-refractivity contribution >= 4 is 11.8 Å². The molecule has 6 nitrogen and oxygen atoms in total. The van der Waals surface area contributed by atoms with Gasteiger partial charge in [0.15, 0.2) is 0 Å². The summed E-state index contributed by atoms with van der Waals surface area (Å²) >= 11 is 0. The molecule has 2 rings (SSSR count). The van der Waals surface area contributed by atoms with Gasteiger partial charge in [0.25, 0.3) is 0 Å². The molecule has 1 saturated carbocycles. The van der Waals surface area contributed by atoms with Crippen LogP contribution in [0.5, 0.6) is 0 Å². The topological polar surface area (TPSA) is 67.1 Å². The minimum absolute atomic E-state index is 0.0252. The van der Waals surface area contributed by atoms with Gasteiger partial charge in [-0.15, -0.1) is 0 Å². The van der Waals surface area contributed by atoms with E-state index in [1.54, 1.807) is 9.80 Å². The van der Waals surface area contributed by atoms with Crippen molar-refractivity contribution in [2.24, 2.45) is 17.8 Å². The lowest BCUT2D eigenvalue weighted by Crippen LogP contribution is -3.28. The maximum atomic E-state index is 12.7. The van der Waals surface area contributed by atoms with E-state index in [1.165, 1.54) is 32.7 Å². The molecule has 1 atom stereocenters. The smallest absolute Gasteiger partial charge is 0.242 e. The van der Waals surface area contributed by atoms with E-state index in [9.17, 15) is 9.59 Å². The predicted molar refractivity (Wildman–Crippen MR) is 112 cm³/mol. The van der Waals surface area contributed by atoms with Gasteiger partial charge >= 0.3 is 0 Å². The fraction of sp³-hybridized carbons (Fsp3) is 0.909. The number of nitrogens with one attached hydrogen (secondary N) is 4. The Kier molecular flexibility index (Phi) is 9.72. The molecule has 1 saturated heterocycles. The average Bonchev–Trinajstić information content (AvgIpc) is 2.69. The summed E-state index contributed by atoms with van der Waals surface area (Å²) in [6, 6.07) is -0.420. The van der Waals surface area contributed by atoms with Crippen molar-refractivity contribution in [2.75, 3.05) is 45.8 Å². The van der Waals surface area contributed by atoms with E-state index in [1.807, 2.05) is 13.8 Å². The van der Waals surface area contributed by atoms with Crippen LogP contribution >= 0.6 is 0 Å². The van der Waals surface area contributed by atoms with E-state index in [2.05, 4.69) is 24.5 Å². The number of piperazine rings is 1. The van der Waals surface area contributed by atoms with Crippen LogP contribution in [0.4, 0.5) is 0 Å². The minimum Gasteiger partial charge on any atom is -0.354 e. The zero-order valence-corrected chi connectivity index (χ0v) is 18.6. The molecule has 0 aromatic rings. The Bertz CT molecular complexity index is 481. The number of amides is 2. The molecule has 0 unspecified atom stereocenters. The molecule has 1 heterocycles. The maximum Gasteiger partial charge on any atom is 0.242 e. The maximum absolute atomic E-state index is 12.7. The highest BCUT2D eigenvalue weighted by atomic mass is 16.2.